The Balaban J connectivity index is 0.000000424. The first-order valence-corrected chi connectivity index (χ1v) is 4.63. The van der Waals surface area contributed by atoms with Gasteiger partial charge in [-0.05, 0) is 18.6 Å². The molecular weight excluding hydrogens is 158 g/mol. The number of aromatic amines is 1. The third kappa shape index (κ3) is 3.79. The van der Waals surface area contributed by atoms with E-state index in [-0.39, 0.29) is 0 Å². The zero-order chi connectivity index (χ0) is 10.3. The Hall–Kier alpha value is -1.24. The Labute approximate surface area is 80.5 Å². The number of allylic oxidation sites excluding steroid dienone is 1. The van der Waals surface area contributed by atoms with Crippen LogP contribution in [0.15, 0.2) is 24.9 Å². The summed E-state index contributed by atoms with van der Waals surface area (Å²) in [6.45, 7) is 13.8. The highest BCUT2D eigenvalue weighted by atomic mass is 14.6. The fourth-order valence-electron chi connectivity index (χ4n) is 0.883. The van der Waals surface area contributed by atoms with E-state index < -0.39 is 0 Å². The third-order valence-corrected chi connectivity index (χ3v) is 1.56. The van der Waals surface area contributed by atoms with E-state index in [0.717, 1.165) is 16.1 Å². The molecule has 0 atom stereocenters. The van der Waals surface area contributed by atoms with Crippen LogP contribution >= 0.6 is 0 Å². The standard InChI is InChI=1S/C9H11N.C3H8/c1-4-7(2)9-5-6-10-8(9)3;1-3-2/h4-6,10H,1,3H2,2H3;3H2,1-2H3/b9-7-;. The predicted molar refractivity (Wildman–Crippen MR) is 60.8 cm³/mol. The van der Waals surface area contributed by atoms with Crippen molar-refractivity contribution in [1.82, 2.24) is 4.98 Å². The molecule has 1 rings (SSSR count). The van der Waals surface area contributed by atoms with Crippen molar-refractivity contribution in [2.24, 2.45) is 0 Å². The summed E-state index contributed by atoms with van der Waals surface area (Å²) in [5.41, 5.74) is 1.16. The van der Waals surface area contributed by atoms with E-state index >= 15 is 0 Å². The van der Waals surface area contributed by atoms with Crippen LogP contribution in [-0.4, -0.2) is 4.98 Å². The van der Waals surface area contributed by atoms with Gasteiger partial charge in [0.25, 0.3) is 0 Å². The minimum atomic E-state index is 0.956. The first-order valence-electron chi connectivity index (χ1n) is 4.63. The number of nitrogens with one attached hydrogen (secondary N) is 1. The van der Waals surface area contributed by atoms with Gasteiger partial charge in [-0.3, -0.25) is 0 Å². The Morgan fingerprint density at radius 3 is 2.38 bits per heavy atom. The van der Waals surface area contributed by atoms with Gasteiger partial charge in [0.15, 0.2) is 0 Å². The summed E-state index contributed by atoms with van der Waals surface area (Å²) in [6, 6.07) is 2.00. The van der Waals surface area contributed by atoms with Crippen molar-refractivity contribution in [2.75, 3.05) is 0 Å². The quantitative estimate of drug-likeness (QED) is 0.677. The molecule has 0 radical (unpaired) electrons. The Bertz CT molecular complexity index is 343. The number of rotatable bonds is 1. The Morgan fingerprint density at radius 1 is 1.54 bits per heavy atom. The van der Waals surface area contributed by atoms with Crippen LogP contribution < -0.4 is 10.6 Å². The molecule has 0 bridgehead atoms. The lowest BCUT2D eigenvalue weighted by Crippen LogP contribution is -2.21. The number of H-pyrrole nitrogens is 1. The Morgan fingerprint density at radius 2 is 2.08 bits per heavy atom. The highest BCUT2D eigenvalue weighted by Crippen LogP contribution is 1.86. The first-order chi connectivity index (χ1) is 6.17. The molecule has 1 heteroatoms. The lowest BCUT2D eigenvalue weighted by atomic mass is 10.2. The topological polar surface area (TPSA) is 15.8 Å². The SMILES string of the molecule is C=C/C(C)=c1/cc[nH]c1=C.CCC. The average Bonchev–Trinajstić information content (AvgIpc) is 2.52. The first kappa shape index (κ1) is 11.8. The van der Waals surface area contributed by atoms with Crippen molar-refractivity contribution in [3.05, 3.63) is 35.5 Å². The molecule has 0 aliphatic rings. The fourth-order valence-corrected chi connectivity index (χ4v) is 0.883. The van der Waals surface area contributed by atoms with Crippen LogP contribution in [0.5, 0.6) is 0 Å². The van der Waals surface area contributed by atoms with Crippen LogP contribution in [0.2, 0.25) is 0 Å². The number of aromatic nitrogens is 1. The average molecular weight is 177 g/mol. The highest BCUT2D eigenvalue weighted by molar-refractivity contribution is 5.52. The molecule has 0 amide bonds. The second-order valence-corrected chi connectivity index (χ2v) is 2.96. The van der Waals surface area contributed by atoms with Gasteiger partial charge in [0.1, 0.15) is 0 Å². The smallest absolute Gasteiger partial charge is 0.0383 e. The van der Waals surface area contributed by atoms with Gasteiger partial charge in [-0.15, -0.1) is 0 Å². The maximum absolute atomic E-state index is 3.83. The van der Waals surface area contributed by atoms with Gasteiger partial charge < -0.3 is 4.98 Å². The summed E-state index contributed by atoms with van der Waals surface area (Å²) in [5.74, 6) is 0. The maximum Gasteiger partial charge on any atom is 0.0383 e. The molecule has 1 nitrogen and oxygen atoms in total. The molecule has 0 saturated carbocycles. The molecule has 0 fully saturated rings. The molecule has 1 N–H and O–H groups in total. The normalized spacial score (nSPS) is 11.3. The van der Waals surface area contributed by atoms with E-state index in [1.807, 2.05) is 25.3 Å². The van der Waals surface area contributed by atoms with Crippen LogP contribution in [0.1, 0.15) is 27.2 Å². The molecular formula is C12H19N. The van der Waals surface area contributed by atoms with Gasteiger partial charge in [-0.2, -0.15) is 0 Å². The Kier molecular flexibility index (Phi) is 5.69. The minimum absolute atomic E-state index is 0.956. The van der Waals surface area contributed by atoms with E-state index in [0.29, 0.717) is 0 Å². The zero-order valence-corrected chi connectivity index (χ0v) is 8.85. The molecule has 0 unspecified atom stereocenters. The van der Waals surface area contributed by atoms with Crippen molar-refractivity contribution in [3.63, 3.8) is 0 Å². The predicted octanol–water partition coefficient (Wildman–Crippen LogP) is 2.20. The summed E-state index contributed by atoms with van der Waals surface area (Å²) >= 11 is 0. The molecule has 0 aromatic carbocycles. The van der Waals surface area contributed by atoms with Gasteiger partial charge in [0.05, 0.1) is 0 Å². The molecule has 1 heterocycles. The lowest BCUT2D eigenvalue weighted by molar-refractivity contribution is 1.09. The molecule has 0 aliphatic carbocycles. The van der Waals surface area contributed by atoms with E-state index in [2.05, 4.69) is 32.0 Å². The van der Waals surface area contributed by atoms with Gasteiger partial charge in [0.2, 0.25) is 0 Å². The van der Waals surface area contributed by atoms with Crippen molar-refractivity contribution in [1.29, 1.82) is 0 Å². The number of hydrogen-bond acceptors (Lipinski definition) is 0. The second-order valence-electron chi connectivity index (χ2n) is 2.96. The van der Waals surface area contributed by atoms with Crippen LogP contribution in [0.4, 0.5) is 0 Å². The van der Waals surface area contributed by atoms with Crippen molar-refractivity contribution in [3.8, 4) is 0 Å². The number of hydrogen-bond donors (Lipinski definition) is 1. The molecule has 0 saturated heterocycles. The van der Waals surface area contributed by atoms with E-state index in [9.17, 15) is 0 Å². The third-order valence-electron chi connectivity index (χ3n) is 1.56. The molecule has 1 aromatic heterocycles. The van der Waals surface area contributed by atoms with Crippen LogP contribution in [-0.2, 0) is 0 Å². The lowest BCUT2D eigenvalue weighted by Gasteiger charge is -1.84. The van der Waals surface area contributed by atoms with Crippen molar-refractivity contribution >= 4 is 12.2 Å². The second kappa shape index (κ2) is 6.30. The van der Waals surface area contributed by atoms with E-state index in [4.69, 9.17) is 0 Å². The van der Waals surface area contributed by atoms with Crippen molar-refractivity contribution < 1.29 is 0 Å². The highest BCUT2D eigenvalue weighted by Gasteiger charge is 1.85. The fraction of sp³-hybridized carbons (Fsp3) is 0.333. The van der Waals surface area contributed by atoms with E-state index in [1.54, 1.807) is 0 Å². The van der Waals surface area contributed by atoms with Crippen LogP contribution in [0.3, 0.4) is 0 Å². The molecule has 72 valence electrons. The minimum Gasteiger partial charge on any atom is -0.362 e. The summed E-state index contributed by atoms with van der Waals surface area (Å²) in [5, 5.41) is 2.10. The summed E-state index contributed by atoms with van der Waals surface area (Å²) < 4.78 is 0. The van der Waals surface area contributed by atoms with Gasteiger partial charge in [-0.25, -0.2) is 0 Å². The summed E-state index contributed by atoms with van der Waals surface area (Å²) in [7, 11) is 0. The van der Waals surface area contributed by atoms with Gasteiger partial charge in [-0.1, -0.05) is 39.5 Å². The van der Waals surface area contributed by atoms with E-state index in [1.165, 1.54) is 6.42 Å². The van der Waals surface area contributed by atoms with Gasteiger partial charge in [0, 0.05) is 16.8 Å². The molecule has 0 spiro atoms. The van der Waals surface area contributed by atoms with Crippen LogP contribution in [0, 0.1) is 0 Å². The van der Waals surface area contributed by atoms with Gasteiger partial charge >= 0.3 is 0 Å². The molecule has 1 aromatic rings. The van der Waals surface area contributed by atoms with Crippen LogP contribution in [0.25, 0.3) is 12.2 Å². The van der Waals surface area contributed by atoms with Crippen molar-refractivity contribution in [2.45, 2.75) is 27.2 Å². The largest absolute Gasteiger partial charge is 0.362 e. The monoisotopic (exact) mass is 177 g/mol. The summed E-state index contributed by atoms with van der Waals surface area (Å²) in [4.78, 5) is 3.00. The maximum atomic E-state index is 3.83. The molecule has 0 aliphatic heterocycles. The molecule has 13 heavy (non-hydrogen) atoms. The summed E-state index contributed by atoms with van der Waals surface area (Å²) in [6.07, 6.45) is 4.96. The zero-order valence-electron chi connectivity index (χ0n) is 8.85.